The number of carbonyl (C=O) groups excluding carboxylic acids is 2. The molecule has 0 unspecified atom stereocenters. The summed E-state index contributed by atoms with van der Waals surface area (Å²) < 4.78 is 34.8. The monoisotopic (exact) mass is 597 g/mol. The Morgan fingerprint density at radius 2 is 1.86 bits per heavy atom. The van der Waals surface area contributed by atoms with E-state index in [0.717, 1.165) is 60.2 Å². The molecule has 3 aromatic heterocycles. The van der Waals surface area contributed by atoms with Crippen LogP contribution in [0.3, 0.4) is 0 Å². The molecular weight excluding hydrogens is 568 g/mol. The topological polar surface area (TPSA) is 122 Å². The van der Waals surface area contributed by atoms with Crippen molar-refractivity contribution in [1.29, 1.82) is 0 Å². The molecule has 7 rings (SSSR count). The molecule has 224 valence electrons. The average molecular weight is 598 g/mol. The molecule has 1 amide bonds. The fraction of sp³-hybridized carbons (Fsp3) is 0.250. The summed E-state index contributed by atoms with van der Waals surface area (Å²) in [6.07, 6.45) is 4.54. The van der Waals surface area contributed by atoms with Gasteiger partial charge in [-0.3, -0.25) is 9.59 Å². The zero-order chi connectivity index (χ0) is 30.7. The molecule has 0 spiro atoms. The second-order valence-corrected chi connectivity index (χ2v) is 11.4. The van der Waals surface area contributed by atoms with Gasteiger partial charge in [-0.15, -0.1) is 0 Å². The number of aromatic amines is 1. The maximum Gasteiger partial charge on any atom is 0.232 e. The Balaban J connectivity index is 1.18. The minimum absolute atomic E-state index is 0.0180. The van der Waals surface area contributed by atoms with E-state index in [9.17, 15) is 18.4 Å². The summed E-state index contributed by atoms with van der Waals surface area (Å²) in [6, 6.07) is 10.7. The Labute approximate surface area is 251 Å². The van der Waals surface area contributed by atoms with Gasteiger partial charge in [-0.2, -0.15) is 5.10 Å². The number of anilines is 2. The first kappa shape index (κ1) is 27.7. The Hall–Kier alpha value is -5.10. The number of likely N-dealkylation sites (tertiary alicyclic amines) is 1. The van der Waals surface area contributed by atoms with Gasteiger partial charge < -0.3 is 25.3 Å². The van der Waals surface area contributed by atoms with Crippen LogP contribution in [0.4, 0.5) is 20.3 Å². The number of ether oxygens (including phenoxy) is 1. The molecular formula is C32H29F2N7O3. The number of fused-ring (bicyclic) bond motifs is 3. The number of nitrogens with zero attached hydrogens (tertiary/aromatic N) is 5. The second kappa shape index (κ2) is 10.6. The Morgan fingerprint density at radius 1 is 1.09 bits per heavy atom. The number of nitrogens with two attached hydrogens (primary N) is 1. The maximum absolute atomic E-state index is 14.0. The molecule has 1 fully saturated rings. The van der Waals surface area contributed by atoms with Crippen molar-refractivity contribution in [2.45, 2.75) is 19.8 Å². The Morgan fingerprint density at radius 3 is 2.59 bits per heavy atom. The highest BCUT2D eigenvalue weighted by Gasteiger charge is 2.36. The third-order valence-electron chi connectivity index (χ3n) is 8.34. The molecule has 0 aliphatic carbocycles. The van der Waals surface area contributed by atoms with E-state index in [1.807, 2.05) is 24.1 Å². The van der Waals surface area contributed by atoms with Gasteiger partial charge in [0.2, 0.25) is 23.3 Å². The van der Waals surface area contributed by atoms with Gasteiger partial charge in [-0.1, -0.05) is 12.1 Å². The molecule has 2 aromatic carbocycles. The van der Waals surface area contributed by atoms with Crippen LogP contribution >= 0.6 is 0 Å². The van der Waals surface area contributed by atoms with Crippen molar-refractivity contribution >= 4 is 34.1 Å². The Kier molecular flexibility index (Phi) is 6.65. The number of halogens is 2. The van der Waals surface area contributed by atoms with Gasteiger partial charge in [0.05, 0.1) is 40.9 Å². The van der Waals surface area contributed by atoms with Crippen LogP contribution in [0, 0.1) is 24.5 Å². The molecule has 0 atom stereocenters. The highest BCUT2D eigenvalue weighted by Crippen LogP contribution is 2.38. The summed E-state index contributed by atoms with van der Waals surface area (Å²) in [5.74, 6) is -2.43. The summed E-state index contributed by atoms with van der Waals surface area (Å²) in [7, 11) is 2.00. The van der Waals surface area contributed by atoms with Crippen molar-refractivity contribution in [3.63, 3.8) is 0 Å². The lowest BCUT2D eigenvalue weighted by molar-refractivity contribution is -0.126. The van der Waals surface area contributed by atoms with Gasteiger partial charge in [-0.25, -0.2) is 18.4 Å². The van der Waals surface area contributed by atoms with Crippen LogP contribution in [0.5, 0.6) is 11.6 Å². The number of nitrogens with one attached hydrogen (secondary N) is 1. The van der Waals surface area contributed by atoms with Crippen molar-refractivity contribution in [3.05, 3.63) is 88.9 Å². The van der Waals surface area contributed by atoms with Crippen molar-refractivity contribution in [2.24, 2.45) is 5.92 Å². The molecule has 1 saturated heterocycles. The van der Waals surface area contributed by atoms with Crippen LogP contribution in [-0.4, -0.2) is 63.0 Å². The molecule has 5 heterocycles. The number of rotatable bonds is 6. The molecule has 44 heavy (non-hydrogen) atoms. The zero-order valence-electron chi connectivity index (χ0n) is 24.1. The first-order valence-electron chi connectivity index (χ1n) is 14.3. The number of hydrogen-bond donors (Lipinski definition) is 2. The van der Waals surface area contributed by atoms with Crippen molar-refractivity contribution in [2.75, 3.05) is 37.3 Å². The van der Waals surface area contributed by atoms with Gasteiger partial charge in [0, 0.05) is 36.6 Å². The fourth-order valence-corrected chi connectivity index (χ4v) is 6.07. The predicted molar refractivity (Wildman–Crippen MR) is 160 cm³/mol. The van der Waals surface area contributed by atoms with Crippen LogP contribution in [0.1, 0.15) is 33.6 Å². The van der Waals surface area contributed by atoms with E-state index >= 15 is 0 Å². The van der Waals surface area contributed by atoms with E-state index in [1.54, 1.807) is 13.0 Å². The molecule has 0 bridgehead atoms. The van der Waals surface area contributed by atoms with Crippen LogP contribution in [0.15, 0.2) is 54.9 Å². The lowest BCUT2D eigenvalue weighted by Gasteiger charge is -2.40. The second-order valence-electron chi connectivity index (χ2n) is 11.4. The first-order chi connectivity index (χ1) is 21.2. The smallest absolute Gasteiger partial charge is 0.232 e. The largest absolute Gasteiger partial charge is 0.433 e. The molecule has 12 heteroatoms. The molecule has 0 saturated carbocycles. The number of pyridine rings is 1. The quantitative estimate of drug-likeness (QED) is 0.270. The van der Waals surface area contributed by atoms with Gasteiger partial charge in [0.25, 0.3) is 0 Å². The van der Waals surface area contributed by atoms with Gasteiger partial charge in [0.15, 0.2) is 11.6 Å². The van der Waals surface area contributed by atoms with E-state index in [1.165, 1.54) is 29.2 Å². The fourth-order valence-electron chi connectivity index (χ4n) is 6.07. The van der Waals surface area contributed by atoms with Crippen molar-refractivity contribution in [1.82, 2.24) is 24.6 Å². The van der Waals surface area contributed by atoms with E-state index in [0.29, 0.717) is 23.5 Å². The van der Waals surface area contributed by atoms with Gasteiger partial charge in [-0.05, 0) is 62.2 Å². The van der Waals surface area contributed by atoms with Crippen molar-refractivity contribution < 1.29 is 23.1 Å². The molecule has 3 N–H and O–H groups in total. The van der Waals surface area contributed by atoms with Gasteiger partial charge in [0.1, 0.15) is 5.82 Å². The van der Waals surface area contributed by atoms with Crippen LogP contribution in [0.2, 0.25) is 0 Å². The number of carbonyl (C=O) groups is 2. The van der Waals surface area contributed by atoms with Crippen LogP contribution in [-0.2, 0) is 11.2 Å². The first-order valence-corrected chi connectivity index (χ1v) is 14.3. The third-order valence-corrected chi connectivity index (χ3v) is 8.34. The van der Waals surface area contributed by atoms with E-state index < -0.39 is 17.4 Å². The molecule has 10 nitrogen and oxygen atoms in total. The number of hydrogen-bond acceptors (Lipinski definition) is 7. The lowest BCUT2D eigenvalue weighted by atomic mass is 9.94. The van der Waals surface area contributed by atoms with Crippen LogP contribution < -0.4 is 15.4 Å². The maximum atomic E-state index is 14.0. The lowest BCUT2D eigenvalue weighted by Crippen LogP contribution is -2.53. The number of benzene rings is 2. The van der Waals surface area contributed by atoms with E-state index in [4.69, 9.17) is 10.5 Å². The number of aromatic nitrogens is 4. The molecule has 2 aliphatic rings. The van der Waals surface area contributed by atoms with Crippen molar-refractivity contribution in [3.8, 4) is 17.3 Å². The SMILES string of the molecule is Cc1cc(Oc2c(F)cccc2F)ncc1-n1ncc(C(=O)c2cc3c4c(ccc3[nH]2)CCCN4C(=O)C2CN(C)C2)c1N. The zero-order valence-corrected chi connectivity index (χ0v) is 24.1. The van der Waals surface area contributed by atoms with Gasteiger partial charge >= 0.3 is 0 Å². The summed E-state index contributed by atoms with van der Waals surface area (Å²) >= 11 is 0. The molecule has 5 aromatic rings. The standard InChI is InChI=1S/C32H29F2N7O3/c1-17-11-27(44-30-22(33)6-3-7-23(30)34)36-14-26(17)41-31(35)21(13-37-41)29(42)25-12-20-24(38-25)9-8-18-5-4-10-40(28(18)20)32(43)19-15-39(2)16-19/h3,6-9,11-14,19,38H,4-5,10,15-16,35H2,1-2H3. The minimum Gasteiger partial charge on any atom is -0.433 e. The minimum atomic E-state index is -0.851. The number of aryl methyl sites for hydroxylation is 2. The highest BCUT2D eigenvalue weighted by atomic mass is 19.1. The number of para-hydroxylation sites is 1. The van der Waals surface area contributed by atoms with E-state index in [-0.39, 0.29) is 34.9 Å². The summed E-state index contributed by atoms with van der Waals surface area (Å²) in [6.45, 7) is 3.87. The third kappa shape index (κ3) is 4.58. The number of ketones is 1. The normalized spacial score (nSPS) is 15.3. The Bertz CT molecular complexity index is 1940. The number of nitrogen functional groups attached to an aromatic ring is 1. The average Bonchev–Trinajstić information content (AvgIpc) is 3.60. The summed E-state index contributed by atoms with van der Waals surface area (Å²) in [4.78, 5) is 38.5. The molecule has 2 aliphatic heterocycles. The number of H-pyrrole nitrogens is 1. The van der Waals surface area contributed by atoms with E-state index in [2.05, 4.69) is 20.0 Å². The molecule has 0 radical (unpaired) electrons. The summed E-state index contributed by atoms with van der Waals surface area (Å²) in [5.41, 5.74) is 10.7. The predicted octanol–water partition coefficient (Wildman–Crippen LogP) is 4.78. The summed E-state index contributed by atoms with van der Waals surface area (Å²) in [5, 5.41) is 5.15. The highest BCUT2D eigenvalue weighted by molar-refractivity contribution is 6.14. The van der Waals surface area contributed by atoms with Crippen LogP contribution in [0.25, 0.3) is 16.6 Å². The number of amides is 1.